The van der Waals surface area contributed by atoms with Crippen LogP contribution in [0.4, 0.5) is 5.69 Å². The lowest BCUT2D eigenvalue weighted by Gasteiger charge is -2.07. The van der Waals surface area contributed by atoms with Crippen molar-refractivity contribution >= 4 is 44.8 Å². The van der Waals surface area contributed by atoms with Gasteiger partial charge in [-0.05, 0) is 46.3 Å². The van der Waals surface area contributed by atoms with Gasteiger partial charge in [0.15, 0.2) is 5.65 Å². The predicted molar refractivity (Wildman–Crippen MR) is 80.1 cm³/mol. The molecule has 1 N–H and O–H groups in total. The van der Waals surface area contributed by atoms with E-state index >= 15 is 0 Å². The molecule has 20 heavy (non-hydrogen) atoms. The zero-order valence-electron chi connectivity index (χ0n) is 10.0. The van der Waals surface area contributed by atoms with Crippen LogP contribution in [-0.4, -0.2) is 20.5 Å². The van der Waals surface area contributed by atoms with E-state index in [1.807, 2.05) is 6.20 Å². The molecule has 2 heterocycles. The Balaban J connectivity index is 1.94. The molecule has 0 aliphatic carbocycles. The minimum absolute atomic E-state index is 0.232. The van der Waals surface area contributed by atoms with Gasteiger partial charge in [-0.1, -0.05) is 11.6 Å². The lowest BCUT2D eigenvalue weighted by molar-refractivity contribution is 0.102. The van der Waals surface area contributed by atoms with Crippen LogP contribution < -0.4 is 5.32 Å². The number of nitrogens with zero attached hydrogens (tertiary/aromatic N) is 3. The fourth-order valence-corrected chi connectivity index (χ4v) is 2.37. The molecule has 0 aliphatic rings. The Morgan fingerprint density at radius 1 is 1.30 bits per heavy atom. The van der Waals surface area contributed by atoms with Gasteiger partial charge in [0, 0.05) is 21.3 Å². The summed E-state index contributed by atoms with van der Waals surface area (Å²) in [4.78, 5) is 12.2. The highest BCUT2D eigenvalue weighted by molar-refractivity contribution is 9.10. The van der Waals surface area contributed by atoms with E-state index in [-0.39, 0.29) is 5.91 Å². The first-order valence-corrected chi connectivity index (χ1v) is 6.86. The fraction of sp³-hybridized carbons (Fsp3) is 0. The summed E-state index contributed by atoms with van der Waals surface area (Å²) in [6, 6.07) is 8.44. The summed E-state index contributed by atoms with van der Waals surface area (Å²) in [7, 11) is 0. The second kappa shape index (κ2) is 5.22. The van der Waals surface area contributed by atoms with E-state index in [1.165, 1.54) is 0 Å². The number of carbonyl (C=O) groups excluding carboxylic acids is 1. The van der Waals surface area contributed by atoms with Crippen LogP contribution in [0.5, 0.6) is 0 Å². The highest BCUT2D eigenvalue weighted by Crippen LogP contribution is 2.21. The minimum atomic E-state index is -0.232. The van der Waals surface area contributed by atoms with Crippen molar-refractivity contribution in [1.29, 1.82) is 0 Å². The number of halogens is 2. The summed E-state index contributed by atoms with van der Waals surface area (Å²) in [5.41, 5.74) is 1.68. The molecule has 5 nitrogen and oxygen atoms in total. The van der Waals surface area contributed by atoms with Crippen LogP contribution in [0.15, 0.2) is 47.3 Å². The van der Waals surface area contributed by atoms with Crippen molar-refractivity contribution in [2.24, 2.45) is 0 Å². The van der Waals surface area contributed by atoms with Gasteiger partial charge in [-0.2, -0.15) is 0 Å². The Labute approximate surface area is 127 Å². The third-order valence-corrected chi connectivity index (χ3v) is 3.40. The minimum Gasteiger partial charge on any atom is -0.319 e. The molecule has 7 heteroatoms. The van der Waals surface area contributed by atoms with Crippen molar-refractivity contribution in [3.8, 4) is 0 Å². The number of rotatable bonds is 2. The van der Waals surface area contributed by atoms with Crippen LogP contribution in [0.3, 0.4) is 0 Å². The molecule has 0 saturated carbocycles. The van der Waals surface area contributed by atoms with Crippen LogP contribution in [-0.2, 0) is 0 Å². The quantitative estimate of drug-likeness (QED) is 0.770. The number of hydrogen-bond acceptors (Lipinski definition) is 3. The molecule has 2 aromatic heterocycles. The van der Waals surface area contributed by atoms with Crippen LogP contribution >= 0.6 is 27.5 Å². The van der Waals surface area contributed by atoms with Gasteiger partial charge in [-0.25, -0.2) is 0 Å². The highest BCUT2D eigenvalue weighted by Gasteiger charge is 2.11. The molecule has 0 fully saturated rings. The topological polar surface area (TPSA) is 59.3 Å². The monoisotopic (exact) mass is 350 g/mol. The fourth-order valence-electron chi connectivity index (χ4n) is 1.79. The lowest BCUT2D eigenvalue weighted by Crippen LogP contribution is -2.12. The maximum atomic E-state index is 12.2. The molecule has 0 saturated heterocycles. The summed E-state index contributed by atoms with van der Waals surface area (Å²) in [6.07, 6.45) is 3.38. The molecule has 0 unspecified atom stereocenters. The number of fused-ring (bicyclic) bond motifs is 1. The maximum Gasteiger partial charge on any atom is 0.255 e. The zero-order valence-corrected chi connectivity index (χ0v) is 12.4. The van der Waals surface area contributed by atoms with Crippen molar-refractivity contribution in [2.75, 3.05) is 5.32 Å². The Morgan fingerprint density at radius 2 is 2.05 bits per heavy atom. The summed E-state index contributed by atoms with van der Waals surface area (Å²) >= 11 is 9.18. The molecule has 1 amide bonds. The third kappa shape index (κ3) is 2.52. The number of hydrogen-bond donors (Lipinski definition) is 1. The van der Waals surface area contributed by atoms with Gasteiger partial charge >= 0.3 is 0 Å². The van der Waals surface area contributed by atoms with Crippen molar-refractivity contribution in [1.82, 2.24) is 14.6 Å². The molecular weight excluding hydrogens is 344 g/mol. The largest absolute Gasteiger partial charge is 0.319 e. The molecule has 3 rings (SSSR count). The Bertz CT molecular complexity index is 785. The summed E-state index contributed by atoms with van der Waals surface area (Å²) in [5.74, 6) is -0.232. The Hall–Kier alpha value is -1.92. The first kappa shape index (κ1) is 13.1. The number of amides is 1. The number of anilines is 1. The summed E-state index contributed by atoms with van der Waals surface area (Å²) in [5, 5.41) is 11.2. The average Bonchev–Trinajstić information content (AvgIpc) is 2.87. The standard InChI is InChI=1S/C13H8BrClN4O/c14-9-5-11(12-18-16-7-19(12)6-9)17-13(20)8-1-3-10(15)4-2-8/h1-7H,(H,17,20). The predicted octanol–water partition coefficient (Wildman–Crippen LogP) is 3.40. The molecule has 0 atom stereocenters. The van der Waals surface area contributed by atoms with Gasteiger partial charge in [-0.15, -0.1) is 10.2 Å². The van der Waals surface area contributed by atoms with Crippen molar-refractivity contribution in [2.45, 2.75) is 0 Å². The van der Waals surface area contributed by atoms with E-state index in [9.17, 15) is 4.79 Å². The van der Waals surface area contributed by atoms with Crippen LogP contribution in [0.1, 0.15) is 10.4 Å². The van der Waals surface area contributed by atoms with E-state index in [4.69, 9.17) is 11.6 Å². The van der Waals surface area contributed by atoms with Gasteiger partial charge < -0.3 is 5.32 Å². The average molecular weight is 352 g/mol. The summed E-state index contributed by atoms with van der Waals surface area (Å²) in [6.45, 7) is 0. The molecule has 0 bridgehead atoms. The first-order valence-electron chi connectivity index (χ1n) is 5.69. The van der Waals surface area contributed by atoms with Gasteiger partial charge in [-0.3, -0.25) is 9.20 Å². The van der Waals surface area contributed by atoms with E-state index in [0.717, 1.165) is 4.47 Å². The van der Waals surface area contributed by atoms with Gasteiger partial charge in [0.1, 0.15) is 6.33 Å². The van der Waals surface area contributed by atoms with E-state index in [0.29, 0.717) is 21.9 Å². The molecule has 0 spiro atoms. The number of pyridine rings is 1. The Morgan fingerprint density at radius 3 is 2.80 bits per heavy atom. The molecule has 100 valence electrons. The number of aromatic nitrogens is 3. The van der Waals surface area contributed by atoms with E-state index < -0.39 is 0 Å². The second-order valence-corrected chi connectivity index (χ2v) is 5.45. The zero-order chi connectivity index (χ0) is 14.1. The smallest absolute Gasteiger partial charge is 0.255 e. The second-order valence-electron chi connectivity index (χ2n) is 4.09. The van der Waals surface area contributed by atoms with Crippen molar-refractivity contribution in [3.05, 3.63) is 57.9 Å². The number of benzene rings is 1. The molecule has 0 radical (unpaired) electrons. The normalized spacial score (nSPS) is 10.7. The molecule has 0 aliphatic heterocycles. The summed E-state index contributed by atoms with van der Waals surface area (Å²) < 4.78 is 2.54. The van der Waals surface area contributed by atoms with Crippen LogP contribution in [0.25, 0.3) is 5.65 Å². The van der Waals surface area contributed by atoms with Gasteiger partial charge in [0.05, 0.1) is 5.69 Å². The molecular formula is C13H8BrClN4O. The van der Waals surface area contributed by atoms with Gasteiger partial charge in [0.2, 0.25) is 0 Å². The third-order valence-electron chi connectivity index (χ3n) is 2.71. The molecule has 3 aromatic rings. The first-order chi connectivity index (χ1) is 9.63. The highest BCUT2D eigenvalue weighted by atomic mass is 79.9. The Kier molecular flexibility index (Phi) is 3.42. The van der Waals surface area contributed by atoms with E-state index in [2.05, 4.69) is 31.4 Å². The van der Waals surface area contributed by atoms with Crippen LogP contribution in [0.2, 0.25) is 5.02 Å². The SMILES string of the molecule is O=C(Nc1cc(Br)cn2cnnc12)c1ccc(Cl)cc1. The number of nitrogens with one attached hydrogen (secondary N) is 1. The lowest BCUT2D eigenvalue weighted by atomic mass is 10.2. The van der Waals surface area contributed by atoms with Crippen molar-refractivity contribution < 1.29 is 4.79 Å². The maximum absolute atomic E-state index is 12.2. The number of carbonyl (C=O) groups is 1. The van der Waals surface area contributed by atoms with Crippen molar-refractivity contribution in [3.63, 3.8) is 0 Å². The molecule has 1 aromatic carbocycles. The van der Waals surface area contributed by atoms with E-state index in [1.54, 1.807) is 41.1 Å². The van der Waals surface area contributed by atoms with Crippen LogP contribution in [0, 0.1) is 0 Å². The van der Waals surface area contributed by atoms with Gasteiger partial charge in [0.25, 0.3) is 5.91 Å².